The molecule has 210 valence electrons. The molecule has 0 aromatic heterocycles. The summed E-state index contributed by atoms with van der Waals surface area (Å²) >= 11 is 0. The first-order valence-electron chi connectivity index (χ1n) is 15.2. The molecule has 0 bridgehead atoms. The zero-order valence-electron chi connectivity index (χ0n) is 23.2. The van der Waals surface area contributed by atoms with E-state index in [1.54, 1.807) is 0 Å². The number of hydrogen-bond acceptors (Lipinski definition) is 5. The van der Waals surface area contributed by atoms with Gasteiger partial charge in [0.2, 0.25) is 0 Å². The van der Waals surface area contributed by atoms with Crippen molar-refractivity contribution in [2.45, 2.75) is 167 Å². The van der Waals surface area contributed by atoms with Gasteiger partial charge in [-0.2, -0.15) is 16.6 Å². The lowest BCUT2D eigenvalue weighted by Crippen LogP contribution is -2.56. The van der Waals surface area contributed by atoms with Crippen LogP contribution < -0.4 is 27.5 Å². The lowest BCUT2D eigenvalue weighted by Gasteiger charge is -2.09. The van der Waals surface area contributed by atoms with Crippen molar-refractivity contribution in [1.82, 2.24) is 27.5 Å². The van der Waals surface area contributed by atoms with E-state index in [2.05, 4.69) is 29.0 Å². The monoisotopic (exact) mass is 499 g/mol. The van der Waals surface area contributed by atoms with Crippen molar-refractivity contribution >= 4 is 6.09 Å². The van der Waals surface area contributed by atoms with Crippen LogP contribution in [0.4, 0.5) is 4.79 Å². The number of hydrogen-bond donors (Lipinski definition) is 6. The van der Waals surface area contributed by atoms with Crippen molar-refractivity contribution in [3.05, 3.63) is 0 Å². The second-order valence-electron chi connectivity index (χ2n) is 10.2. The van der Waals surface area contributed by atoms with Crippen LogP contribution in [0, 0.1) is 0 Å². The van der Waals surface area contributed by atoms with Crippen LogP contribution in [-0.2, 0) is 0 Å². The normalized spacial score (nSPS) is 11.2. The molecule has 0 unspecified atom stereocenters. The third-order valence-corrected chi connectivity index (χ3v) is 6.79. The molecule has 0 radical (unpaired) electrons. The Morgan fingerprint density at radius 3 is 1.09 bits per heavy atom. The highest BCUT2D eigenvalue weighted by Crippen LogP contribution is 2.15. The molecule has 0 aliphatic carbocycles. The van der Waals surface area contributed by atoms with E-state index < -0.39 is 6.09 Å². The van der Waals surface area contributed by atoms with Gasteiger partial charge in [-0.15, -0.1) is 0 Å². The number of hydrazine groups is 4. The van der Waals surface area contributed by atoms with Gasteiger partial charge < -0.3 is 5.11 Å². The fourth-order valence-corrected chi connectivity index (χ4v) is 4.58. The fraction of sp³-hybridized carbons (Fsp3) is 0.964. The van der Waals surface area contributed by atoms with E-state index in [1.807, 2.05) is 5.43 Å². The van der Waals surface area contributed by atoms with Gasteiger partial charge in [-0.25, -0.2) is 15.6 Å². The minimum Gasteiger partial charge on any atom is -0.464 e. The molecule has 0 rings (SSSR count). The molecule has 0 spiro atoms. The van der Waals surface area contributed by atoms with Crippen molar-refractivity contribution in [1.29, 1.82) is 0 Å². The predicted molar refractivity (Wildman–Crippen MR) is 150 cm³/mol. The lowest BCUT2D eigenvalue weighted by atomic mass is 10.0. The molecule has 0 aromatic rings. The van der Waals surface area contributed by atoms with E-state index in [-0.39, 0.29) is 0 Å². The number of carboxylic acid groups (broad SMARTS) is 1. The van der Waals surface area contributed by atoms with Crippen LogP contribution in [0.15, 0.2) is 0 Å². The Kier molecular flexibility index (Phi) is 30.3. The van der Waals surface area contributed by atoms with Crippen LogP contribution in [-0.4, -0.2) is 17.7 Å². The van der Waals surface area contributed by atoms with Gasteiger partial charge >= 0.3 is 6.09 Å². The lowest BCUT2D eigenvalue weighted by molar-refractivity contribution is 0.182. The molecule has 0 saturated carbocycles. The highest BCUT2D eigenvalue weighted by atomic mass is 16.4. The molecule has 0 fully saturated rings. The summed E-state index contributed by atoms with van der Waals surface area (Å²) < 4.78 is 0. The molecular formula is C28H61N5O2. The number of unbranched alkanes of at least 4 members (excludes halogenated alkanes) is 24. The summed E-state index contributed by atoms with van der Waals surface area (Å²) in [4.78, 5) is 10.2. The predicted octanol–water partition coefficient (Wildman–Crippen LogP) is 8.04. The zero-order valence-corrected chi connectivity index (χ0v) is 23.2. The van der Waals surface area contributed by atoms with E-state index in [0.717, 1.165) is 13.0 Å². The van der Waals surface area contributed by atoms with Gasteiger partial charge in [-0.05, 0) is 6.42 Å². The third kappa shape index (κ3) is 33.1. The Labute approximate surface area is 217 Å². The first-order valence-corrected chi connectivity index (χ1v) is 15.2. The van der Waals surface area contributed by atoms with E-state index >= 15 is 0 Å². The van der Waals surface area contributed by atoms with Gasteiger partial charge in [-0.3, -0.25) is 0 Å². The van der Waals surface area contributed by atoms with E-state index in [1.165, 1.54) is 154 Å². The van der Waals surface area contributed by atoms with Gasteiger partial charge in [0.15, 0.2) is 0 Å². The molecule has 0 aromatic carbocycles. The number of nitrogens with one attached hydrogen (secondary N) is 5. The molecule has 0 aliphatic heterocycles. The van der Waals surface area contributed by atoms with Gasteiger partial charge in [-0.1, -0.05) is 161 Å². The average molecular weight is 500 g/mol. The Balaban J connectivity index is 3.01. The first-order chi connectivity index (χ1) is 17.3. The van der Waals surface area contributed by atoms with E-state index in [9.17, 15) is 4.79 Å². The van der Waals surface area contributed by atoms with Crippen molar-refractivity contribution in [3.8, 4) is 0 Å². The zero-order chi connectivity index (χ0) is 25.5. The minimum atomic E-state index is -1.14. The fourth-order valence-electron chi connectivity index (χ4n) is 4.58. The molecule has 0 saturated heterocycles. The number of carbonyl (C=O) groups is 1. The second kappa shape index (κ2) is 31.1. The Bertz CT molecular complexity index is 413. The third-order valence-electron chi connectivity index (χ3n) is 6.79. The molecule has 7 heteroatoms. The van der Waals surface area contributed by atoms with Gasteiger partial charge in [0.25, 0.3) is 0 Å². The highest BCUT2D eigenvalue weighted by Gasteiger charge is 1.96. The first kappa shape index (κ1) is 34.1. The van der Waals surface area contributed by atoms with Crippen LogP contribution in [0.25, 0.3) is 0 Å². The molecule has 0 atom stereocenters. The largest absolute Gasteiger partial charge is 0.464 e. The molecule has 7 nitrogen and oxygen atoms in total. The summed E-state index contributed by atoms with van der Waals surface area (Å²) in [6.45, 7) is 3.14. The molecular weight excluding hydrogens is 438 g/mol. The Morgan fingerprint density at radius 1 is 0.457 bits per heavy atom. The average Bonchev–Trinajstić information content (AvgIpc) is 2.85. The van der Waals surface area contributed by atoms with E-state index in [0.29, 0.717) is 0 Å². The van der Waals surface area contributed by atoms with Crippen LogP contribution in [0.3, 0.4) is 0 Å². The van der Waals surface area contributed by atoms with Crippen molar-refractivity contribution in [2.24, 2.45) is 0 Å². The summed E-state index contributed by atoms with van der Waals surface area (Å²) in [5, 5.41) is 8.36. The van der Waals surface area contributed by atoms with Crippen LogP contribution in [0.2, 0.25) is 0 Å². The standard InChI is InChI=1S/C28H61N5O2/c1-2-3-4-5-6-7-8-9-10-11-12-13-14-15-16-17-18-19-20-21-22-23-24-25-26-27-29-31-33-32-30-28(34)35/h29-33H,2-27H2,1H3,(H,34,35). The molecule has 0 heterocycles. The van der Waals surface area contributed by atoms with Crippen LogP contribution in [0.1, 0.15) is 167 Å². The van der Waals surface area contributed by atoms with Crippen molar-refractivity contribution < 1.29 is 9.90 Å². The molecule has 35 heavy (non-hydrogen) atoms. The maximum Gasteiger partial charge on any atom is 0.420 e. The second-order valence-corrected chi connectivity index (χ2v) is 10.2. The Hall–Kier alpha value is -0.890. The van der Waals surface area contributed by atoms with Gasteiger partial charge in [0.05, 0.1) is 0 Å². The van der Waals surface area contributed by atoms with Crippen molar-refractivity contribution in [3.63, 3.8) is 0 Å². The van der Waals surface area contributed by atoms with Crippen molar-refractivity contribution in [2.75, 3.05) is 6.54 Å². The number of rotatable bonds is 30. The maximum atomic E-state index is 10.2. The summed E-state index contributed by atoms with van der Waals surface area (Å²) in [7, 11) is 0. The number of amides is 1. The Morgan fingerprint density at radius 2 is 0.771 bits per heavy atom. The van der Waals surface area contributed by atoms with Crippen LogP contribution in [0.5, 0.6) is 0 Å². The molecule has 6 N–H and O–H groups in total. The van der Waals surface area contributed by atoms with Gasteiger partial charge in [0, 0.05) is 6.54 Å². The highest BCUT2D eigenvalue weighted by molar-refractivity contribution is 5.63. The SMILES string of the molecule is CCCCCCCCCCCCCCCCCCCCCCCCCCCNNNNNC(=O)O. The van der Waals surface area contributed by atoms with E-state index in [4.69, 9.17) is 5.11 Å². The smallest absolute Gasteiger partial charge is 0.420 e. The quantitative estimate of drug-likeness (QED) is 0.0442. The van der Waals surface area contributed by atoms with Gasteiger partial charge in [0.1, 0.15) is 0 Å². The topological polar surface area (TPSA) is 97.5 Å². The summed E-state index contributed by atoms with van der Waals surface area (Å²) in [5.41, 5.74) is 12.4. The minimum absolute atomic E-state index is 0.848. The molecule has 0 aliphatic rings. The summed E-state index contributed by atoms with van der Waals surface area (Å²) in [6.07, 6.45) is 34.1. The maximum absolute atomic E-state index is 10.2. The summed E-state index contributed by atoms with van der Waals surface area (Å²) in [5.74, 6) is 0. The molecule has 1 amide bonds. The van der Waals surface area contributed by atoms with Crippen LogP contribution >= 0.6 is 0 Å². The summed E-state index contributed by atoms with van der Waals surface area (Å²) in [6, 6.07) is 0.